The maximum Gasteiger partial charge on any atom is 0.192 e. The Kier molecular flexibility index (Phi) is 2.10. The van der Waals surface area contributed by atoms with Crippen molar-refractivity contribution >= 4 is 45.2 Å². The van der Waals surface area contributed by atoms with Gasteiger partial charge in [-0.3, -0.25) is 4.98 Å². The van der Waals surface area contributed by atoms with E-state index in [1.807, 2.05) is 34.7 Å². The molecule has 0 bridgehead atoms. The molecular formula is C7H3ClIN3. The first-order valence-corrected chi connectivity index (χ1v) is 4.67. The Morgan fingerprint density at radius 2 is 2.17 bits per heavy atom. The lowest BCUT2D eigenvalue weighted by molar-refractivity contribution is 1.14. The predicted molar refractivity (Wildman–Crippen MR) is 55.1 cm³/mol. The van der Waals surface area contributed by atoms with Gasteiger partial charge < -0.3 is 0 Å². The van der Waals surface area contributed by atoms with Crippen LogP contribution in [0.4, 0.5) is 0 Å². The van der Waals surface area contributed by atoms with Crippen LogP contribution in [-0.2, 0) is 0 Å². The molecule has 3 nitrogen and oxygen atoms in total. The maximum atomic E-state index is 5.84. The van der Waals surface area contributed by atoms with Crippen molar-refractivity contribution < 1.29 is 0 Å². The summed E-state index contributed by atoms with van der Waals surface area (Å²) in [6.45, 7) is 0. The molecule has 0 aliphatic heterocycles. The van der Waals surface area contributed by atoms with E-state index in [1.54, 1.807) is 6.20 Å². The quantitative estimate of drug-likeness (QED) is 0.425. The summed E-state index contributed by atoms with van der Waals surface area (Å²) >= 11 is 7.86. The molecule has 5 heteroatoms. The first-order valence-electron chi connectivity index (χ1n) is 3.21. The summed E-state index contributed by atoms with van der Waals surface area (Å²) in [5, 5.41) is 0.407. The number of aromatic nitrogens is 3. The van der Waals surface area contributed by atoms with Gasteiger partial charge in [0, 0.05) is 28.8 Å². The van der Waals surface area contributed by atoms with Crippen molar-refractivity contribution in [2.24, 2.45) is 0 Å². The van der Waals surface area contributed by atoms with Crippen LogP contribution in [0.3, 0.4) is 0 Å². The molecule has 2 heterocycles. The monoisotopic (exact) mass is 291 g/mol. The fourth-order valence-electron chi connectivity index (χ4n) is 0.904. The lowest BCUT2D eigenvalue weighted by Gasteiger charge is -1.97. The minimum atomic E-state index is 0.407. The molecular weight excluding hydrogens is 288 g/mol. The molecule has 0 radical (unpaired) electrons. The zero-order valence-corrected chi connectivity index (χ0v) is 8.74. The van der Waals surface area contributed by atoms with Crippen LogP contribution in [0.25, 0.3) is 11.0 Å². The number of pyridine rings is 1. The summed E-state index contributed by atoms with van der Waals surface area (Å²) in [4.78, 5) is 12.2. The van der Waals surface area contributed by atoms with E-state index < -0.39 is 0 Å². The molecule has 0 aliphatic rings. The van der Waals surface area contributed by atoms with Crippen LogP contribution < -0.4 is 0 Å². The van der Waals surface area contributed by atoms with Gasteiger partial charge in [0.25, 0.3) is 0 Å². The minimum absolute atomic E-state index is 0.407. The molecule has 0 saturated heterocycles. The number of rotatable bonds is 0. The van der Waals surface area contributed by atoms with E-state index in [4.69, 9.17) is 11.6 Å². The molecule has 2 rings (SSSR count). The van der Waals surface area contributed by atoms with Gasteiger partial charge in [0.15, 0.2) is 8.98 Å². The van der Waals surface area contributed by atoms with E-state index in [0.29, 0.717) is 14.5 Å². The highest BCUT2D eigenvalue weighted by Crippen LogP contribution is 2.17. The predicted octanol–water partition coefficient (Wildman–Crippen LogP) is 2.28. The third-order valence-corrected chi connectivity index (χ3v) is 2.13. The molecule has 2 aromatic heterocycles. The molecule has 0 unspecified atom stereocenters. The molecule has 2 aromatic rings. The second kappa shape index (κ2) is 3.10. The van der Waals surface area contributed by atoms with Crippen LogP contribution in [0.2, 0.25) is 5.15 Å². The Morgan fingerprint density at radius 3 is 3.00 bits per heavy atom. The van der Waals surface area contributed by atoms with Crippen molar-refractivity contribution in [1.29, 1.82) is 0 Å². The van der Waals surface area contributed by atoms with Gasteiger partial charge in [-0.1, -0.05) is 11.6 Å². The van der Waals surface area contributed by atoms with Crippen molar-refractivity contribution in [2.75, 3.05) is 0 Å². The summed E-state index contributed by atoms with van der Waals surface area (Å²) < 4.78 is 0.637. The summed E-state index contributed by atoms with van der Waals surface area (Å²) in [5.41, 5.74) is 1.43. The van der Waals surface area contributed by atoms with Crippen molar-refractivity contribution in [1.82, 2.24) is 15.0 Å². The molecule has 0 aromatic carbocycles. The molecule has 12 heavy (non-hydrogen) atoms. The highest BCUT2D eigenvalue weighted by Gasteiger charge is 2.03. The first kappa shape index (κ1) is 8.12. The van der Waals surface area contributed by atoms with Gasteiger partial charge in [-0.15, -0.1) is 0 Å². The van der Waals surface area contributed by atoms with Crippen molar-refractivity contribution in [3.63, 3.8) is 0 Å². The van der Waals surface area contributed by atoms with Crippen molar-refractivity contribution in [2.45, 2.75) is 0 Å². The Hall–Kier alpha value is -0.490. The van der Waals surface area contributed by atoms with Gasteiger partial charge in [0.05, 0.1) is 5.52 Å². The Morgan fingerprint density at radius 1 is 1.33 bits per heavy atom. The molecule has 0 amide bonds. The van der Waals surface area contributed by atoms with Crippen LogP contribution in [0.5, 0.6) is 0 Å². The molecule has 0 saturated carbocycles. The summed E-state index contributed by atoms with van der Waals surface area (Å²) in [7, 11) is 0. The molecule has 0 atom stereocenters. The second-order valence-corrected chi connectivity index (χ2v) is 3.48. The lowest BCUT2D eigenvalue weighted by atomic mass is 10.4. The van der Waals surface area contributed by atoms with Gasteiger partial charge in [-0.05, 0) is 12.1 Å². The van der Waals surface area contributed by atoms with Crippen LogP contribution in [-0.4, -0.2) is 15.0 Å². The standard InChI is InChI=1S/C7H3ClIN3/c8-6-5-4(2-1-3-10-5)11-7(9)12-6/h1-3H. The van der Waals surface area contributed by atoms with Gasteiger partial charge in [0.1, 0.15) is 5.52 Å². The third kappa shape index (κ3) is 1.36. The van der Waals surface area contributed by atoms with Gasteiger partial charge in [0.2, 0.25) is 0 Å². The molecule has 0 fully saturated rings. The number of fused-ring (bicyclic) bond motifs is 1. The number of halogens is 2. The fourth-order valence-corrected chi connectivity index (χ4v) is 1.77. The normalized spacial score (nSPS) is 10.5. The van der Waals surface area contributed by atoms with Gasteiger partial charge >= 0.3 is 0 Å². The Bertz CT molecular complexity index is 432. The van der Waals surface area contributed by atoms with Gasteiger partial charge in [-0.2, -0.15) is 0 Å². The van der Waals surface area contributed by atoms with E-state index >= 15 is 0 Å². The molecule has 0 aliphatic carbocycles. The van der Waals surface area contributed by atoms with Gasteiger partial charge in [-0.25, -0.2) is 9.97 Å². The SMILES string of the molecule is Clc1nc(I)nc2cccnc12. The average Bonchev–Trinajstić information content (AvgIpc) is 2.04. The Balaban J connectivity index is 2.89. The number of hydrogen-bond acceptors (Lipinski definition) is 3. The van der Waals surface area contributed by atoms with Crippen LogP contribution in [0.1, 0.15) is 0 Å². The first-order chi connectivity index (χ1) is 5.77. The van der Waals surface area contributed by atoms with E-state index in [2.05, 4.69) is 15.0 Å². The zero-order valence-electron chi connectivity index (χ0n) is 5.83. The van der Waals surface area contributed by atoms with Crippen molar-refractivity contribution in [3.05, 3.63) is 27.3 Å². The summed E-state index contributed by atoms with van der Waals surface area (Å²) in [6, 6.07) is 3.68. The Labute approximate surface area is 87.3 Å². The number of nitrogens with zero attached hydrogens (tertiary/aromatic N) is 3. The van der Waals surface area contributed by atoms with E-state index in [1.165, 1.54) is 0 Å². The minimum Gasteiger partial charge on any atom is -0.251 e. The van der Waals surface area contributed by atoms with Crippen LogP contribution in [0, 0.1) is 3.83 Å². The fraction of sp³-hybridized carbons (Fsp3) is 0. The zero-order chi connectivity index (χ0) is 8.55. The van der Waals surface area contributed by atoms with Crippen molar-refractivity contribution in [3.8, 4) is 0 Å². The molecule has 0 spiro atoms. The number of hydrogen-bond donors (Lipinski definition) is 0. The maximum absolute atomic E-state index is 5.84. The van der Waals surface area contributed by atoms with Crippen LogP contribution in [0.15, 0.2) is 18.3 Å². The smallest absolute Gasteiger partial charge is 0.192 e. The summed E-state index contributed by atoms with van der Waals surface area (Å²) in [5.74, 6) is 0. The second-order valence-electron chi connectivity index (χ2n) is 2.15. The van der Waals surface area contributed by atoms with E-state index in [9.17, 15) is 0 Å². The van der Waals surface area contributed by atoms with E-state index in [0.717, 1.165) is 5.52 Å². The van der Waals surface area contributed by atoms with E-state index in [-0.39, 0.29) is 0 Å². The molecule has 0 N–H and O–H groups in total. The molecule has 60 valence electrons. The summed E-state index contributed by atoms with van der Waals surface area (Å²) in [6.07, 6.45) is 1.67. The highest BCUT2D eigenvalue weighted by molar-refractivity contribution is 14.1. The third-order valence-electron chi connectivity index (χ3n) is 1.38. The topological polar surface area (TPSA) is 38.7 Å². The largest absolute Gasteiger partial charge is 0.251 e. The lowest BCUT2D eigenvalue weighted by Crippen LogP contribution is -1.91. The average molecular weight is 291 g/mol. The van der Waals surface area contributed by atoms with Crippen LogP contribution >= 0.6 is 34.2 Å². The highest BCUT2D eigenvalue weighted by atomic mass is 127.